The minimum absolute atomic E-state index is 0.0348. The summed E-state index contributed by atoms with van der Waals surface area (Å²) in [5.74, 6) is -0.259. The van der Waals surface area contributed by atoms with Crippen molar-refractivity contribution in [2.45, 2.75) is 39.7 Å². The number of nitrogens with one attached hydrogen (secondary N) is 2. The molecule has 0 spiro atoms. The predicted molar refractivity (Wildman–Crippen MR) is 103 cm³/mol. The van der Waals surface area contributed by atoms with Gasteiger partial charge < -0.3 is 10.6 Å². The zero-order valence-corrected chi connectivity index (χ0v) is 16.3. The van der Waals surface area contributed by atoms with Gasteiger partial charge in [0.2, 0.25) is 5.91 Å². The normalized spacial score (nSPS) is 12.1. The molecule has 8 nitrogen and oxygen atoms in total. The lowest BCUT2D eigenvalue weighted by molar-refractivity contribution is -0.121. The Labute approximate surface area is 161 Å². The molecule has 2 amide bonds. The molecule has 0 bridgehead atoms. The summed E-state index contributed by atoms with van der Waals surface area (Å²) in [4.78, 5) is 34.0. The topological polar surface area (TPSA) is 101 Å². The maximum atomic E-state index is 12.3. The van der Waals surface area contributed by atoms with Gasteiger partial charge in [0.25, 0.3) is 5.91 Å². The SMILES string of the molecule is Cc1nc(C)c(CC(=O)N[C@@H](C)CCNC(=O)c2cnn3cccnc23)s1. The lowest BCUT2D eigenvalue weighted by atomic mass is 10.2. The van der Waals surface area contributed by atoms with E-state index in [9.17, 15) is 9.59 Å². The highest BCUT2D eigenvalue weighted by Crippen LogP contribution is 2.17. The summed E-state index contributed by atoms with van der Waals surface area (Å²) in [6, 6.07) is 1.70. The van der Waals surface area contributed by atoms with Crippen LogP contribution in [-0.2, 0) is 11.2 Å². The first-order valence-corrected chi connectivity index (χ1v) is 9.54. The van der Waals surface area contributed by atoms with Gasteiger partial charge in [-0.2, -0.15) is 5.10 Å². The summed E-state index contributed by atoms with van der Waals surface area (Å²) >= 11 is 1.55. The van der Waals surface area contributed by atoms with Gasteiger partial charge in [0, 0.05) is 29.9 Å². The van der Waals surface area contributed by atoms with Crippen LogP contribution < -0.4 is 10.6 Å². The Kier molecular flexibility index (Phi) is 5.80. The number of aromatic nitrogens is 4. The fraction of sp³-hybridized carbons (Fsp3) is 0.389. The highest BCUT2D eigenvalue weighted by atomic mass is 32.1. The second kappa shape index (κ2) is 8.26. The largest absolute Gasteiger partial charge is 0.353 e. The van der Waals surface area contributed by atoms with E-state index < -0.39 is 0 Å². The molecule has 0 saturated heterocycles. The van der Waals surface area contributed by atoms with E-state index in [0.29, 0.717) is 30.6 Å². The Morgan fingerprint density at radius 1 is 1.33 bits per heavy atom. The first-order chi connectivity index (χ1) is 12.9. The third-order valence-electron chi connectivity index (χ3n) is 4.11. The van der Waals surface area contributed by atoms with E-state index in [0.717, 1.165) is 15.6 Å². The molecule has 0 aliphatic heterocycles. The number of thiazole rings is 1. The van der Waals surface area contributed by atoms with E-state index in [1.807, 2.05) is 20.8 Å². The van der Waals surface area contributed by atoms with Crippen LogP contribution in [0.4, 0.5) is 0 Å². The molecule has 0 aliphatic carbocycles. The molecule has 27 heavy (non-hydrogen) atoms. The van der Waals surface area contributed by atoms with Crippen molar-refractivity contribution in [1.82, 2.24) is 30.2 Å². The number of nitrogens with zero attached hydrogens (tertiary/aromatic N) is 4. The molecule has 3 rings (SSSR count). The molecule has 0 fully saturated rings. The fourth-order valence-corrected chi connectivity index (χ4v) is 3.70. The molecule has 3 heterocycles. The van der Waals surface area contributed by atoms with E-state index >= 15 is 0 Å². The fourth-order valence-electron chi connectivity index (χ4n) is 2.77. The third-order valence-corrected chi connectivity index (χ3v) is 5.19. The Hall–Kier alpha value is -2.81. The summed E-state index contributed by atoms with van der Waals surface area (Å²) in [5.41, 5.74) is 1.87. The molecule has 0 aromatic carbocycles. The highest BCUT2D eigenvalue weighted by molar-refractivity contribution is 7.11. The number of hydrogen-bond acceptors (Lipinski definition) is 6. The van der Waals surface area contributed by atoms with Crippen LogP contribution >= 0.6 is 11.3 Å². The standard InChI is InChI=1S/C18H22N6O2S/c1-11(22-16(25)9-15-12(2)23-13(3)27-15)5-7-20-18(26)14-10-21-24-8-4-6-19-17(14)24/h4,6,8,10-11H,5,7,9H2,1-3H3,(H,20,26)(H,22,25)/t11-/m0/s1. The average molecular weight is 386 g/mol. The van der Waals surface area contributed by atoms with E-state index in [2.05, 4.69) is 25.7 Å². The number of hydrogen-bond donors (Lipinski definition) is 2. The molecule has 0 saturated carbocycles. The van der Waals surface area contributed by atoms with Crippen LogP contribution in [0, 0.1) is 13.8 Å². The maximum Gasteiger partial charge on any atom is 0.256 e. The van der Waals surface area contributed by atoms with E-state index in [1.165, 1.54) is 6.20 Å². The minimum atomic E-state index is -0.224. The molecule has 2 N–H and O–H groups in total. The van der Waals surface area contributed by atoms with Gasteiger partial charge >= 0.3 is 0 Å². The van der Waals surface area contributed by atoms with Crippen molar-refractivity contribution in [3.63, 3.8) is 0 Å². The third kappa shape index (κ3) is 4.68. The van der Waals surface area contributed by atoms with Crippen molar-refractivity contribution >= 4 is 28.8 Å². The zero-order valence-electron chi connectivity index (χ0n) is 15.5. The molecule has 0 aliphatic rings. The number of aryl methyl sites for hydroxylation is 2. The van der Waals surface area contributed by atoms with Gasteiger partial charge in [-0.05, 0) is 33.3 Å². The summed E-state index contributed by atoms with van der Waals surface area (Å²) in [7, 11) is 0. The number of rotatable bonds is 7. The minimum Gasteiger partial charge on any atom is -0.353 e. The predicted octanol–water partition coefficient (Wildman–Crippen LogP) is 1.67. The molecule has 9 heteroatoms. The van der Waals surface area contributed by atoms with E-state index in [-0.39, 0.29) is 17.9 Å². The molecule has 1 atom stereocenters. The van der Waals surface area contributed by atoms with Crippen molar-refractivity contribution in [2.75, 3.05) is 6.54 Å². The number of carbonyl (C=O) groups is 2. The van der Waals surface area contributed by atoms with E-state index in [1.54, 1.807) is 34.3 Å². The van der Waals surface area contributed by atoms with Gasteiger partial charge in [-0.25, -0.2) is 14.5 Å². The molecule has 0 unspecified atom stereocenters. The summed E-state index contributed by atoms with van der Waals surface area (Å²) in [6.07, 6.45) is 5.83. The number of carbonyl (C=O) groups excluding carboxylic acids is 2. The van der Waals surface area contributed by atoms with Gasteiger partial charge in [-0.15, -0.1) is 11.3 Å². The van der Waals surface area contributed by atoms with Crippen molar-refractivity contribution in [3.8, 4) is 0 Å². The molecular weight excluding hydrogens is 364 g/mol. The first-order valence-electron chi connectivity index (χ1n) is 8.73. The van der Waals surface area contributed by atoms with Crippen LogP contribution in [0.3, 0.4) is 0 Å². The summed E-state index contributed by atoms with van der Waals surface area (Å²) in [5, 5.41) is 10.9. The molecule has 3 aromatic heterocycles. The zero-order chi connectivity index (χ0) is 19.4. The van der Waals surface area contributed by atoms with Crippen molar-refractivity contribution < 1.29 is 9.59 Å². The lowest BCUT2D eigenvalue weighted by Gasteiger charge is -2.14. The molecule has 0 radical (unpaired) electrons. The van der Waals surface area contributed by atoms with Gasteiger partial charge in [-0.1, -0.05) is 0 Å². The summed E-state index contributed by atoms with van der Waals surface area (Å²) in [6.45, 7) is 6.22. The Bertz CT molecular complexity index is 964. The van der Waals surface area contributed by atoms with E-state index in [4.69, 9.17) is 0 Å². The van der Waals surface area contributed by atoms with Crippen LogP contribution in [0.5, 0.6) is 0 Å². The smallest absolute Gasteiger partial charge is 0.256 e. The van der Waals surface area contributed by atoms with Gasteiger partial charge in [0.15, 0.2) is 5.65 Å². The monoisotopic (exact) mass is 386 g/mol. The highest BCUT2D eigenvalue weighted by Gasteiger charge is 2.15. The van der Waals surface area contributed by atoms with Crippen molar-refractivity contribution in [1.29, 1.82) is 0 Å². The van der Waals surface area contributed by atoms with Crippen molar-refractivity contribution in [2.24, 2.45) is 0 Å². The number of amides is 2. The second-order valence-electron chi connectivity index (χ2n) is 6.38. The lowest BCUT2D eigenvalue weighted by Crippen LogP contribution is -2.36. The maximum absolute atomic E-state index is 12.3. The molecule has 142 valence electrons. The van der Waals surface area contributed by atoms with Crippen LogP contribution in [0.25, 0.3) is 5.65 Å². The second-order valence-corrected chi connectivity index (χ2v) is 7.67. The average Bonchev–Trinajstić information content (AvgIpc) is 3.17. The Balaban J connectivity index is 1.45. The number of fused-ring (bicyclic) bond motifs is 1. The van der Waals surface area contributed by atoms with Crippen LogP contribution in [0.15, 0.2) is 24.7 Å². The Morgan fingerprint density at radius 2 is 2.15 bits per heavy atom. The molecular formula is C18H22N6O2S. The molecule has 3 aromatic rings. The Morgan fingerprint density at radius 3 is 2.89 bits per heavy atom. The van der Waals surface area contributed by atoms with Gasteiger partial charge in [0.05, 0.1) is 23.3 Å². The van der Waals surface area contributed by atoms with Gasteiger partial charge in [0.1, 0.15) is 5.56 Å². The first kappa shape index (κ1) is 19.0. The van der Waals surface area contributed by atoms with Crippen LogP contribution in [0.2, 0.25) is 0 Å². The van der Waals surface area contributed by atoms with Gasteiger partial charge in [-0.3, -0.25) is 9.59 Å². The summed E-state index contributed by atoms with van der Waals surface area (Å²) < 4.78 is 1.56. The van der Waals surface area contributed by atoms with Crippen LogP contribution in [0.1, 0.15) is 39.3 Å². The quantitative estimate of drug-likeness (QED) is 0.643. The van der Waals surface area contributed by atoms with Crippen molar-refractivity contribution in [3.05, 3.63) is 45.8 Å². The van der Waals surface area contributed by atoms with Crippen LogP contribution in [-0.4, -0.2) is 44.0 Å².